The SMILES string of the molecule is CC(=CC(=Cc1ccccc1)C(C)=C(C)C(=O)O)c1ccccc1. The van der Waals surface area contributed by atoms with Crippen LogP contribution in [0, 0.1) is 0 Å². The molecule has 0 saturated heterocycles. The van der Waals surface area contributed by atoms with E-state index in [2.05, 4.69) is 12.1 Å². The molecule has 0 radical (unpaired) electrons. The van der Waals surface area contributed by atoms with E-state index >= 15 is 0 Å². The number of carbonyl (C=O) groups is 1. The Kier molecular flexibility index (Phi) is 5.91. The average Bonchev–Trinajstić information content (AvgIpc) is 2.61. The molecule has 2 aromatic rings. The van der Waals surface area contributed by atoms with Crippen molar-refractivity contribution in [2.45, 2.75) is 20.8 Å². The van der Waals surface area contributed by atoms with E-state index in [0.29, 0.717) is 5.57 Å². The summed E-state index contributed by atoms with van der Waals surface area (Å²) in [5.41, 5.74) is 5.29. The summed E-state index contributed by atoms with van der Waals surface area (Å²) in [6.07, 6.45) is 4.07. The molecule has 0 aliphatic heterocycles. The first-order chi connectivity index (χ1) is 11.5. The Morgan fingerprint density at radius 2 is 1.38 bits per heavy atom. The van der Waals surface area contributed by atoms with E-state index in [4.69, 9.17) is 0 Å². The molecule has 0 heterocycles. The molecular formula is C22H22O2. The molecule has 0 spiro atoms. The topological polar surface area (TPSA) is 37.3 Å². The van der Waals surface area contributed by atoms with Crippen molar-refractivity contribution in [2.75, 3.05) is 0 Å². The first-order valence-electron chi connectivity index (χ1n) is 7.90. The predicted octanol–water partition coefficient (Wildman–Crippen LogP) is 5.59. The van der Waals surface area contributed by atoms with Crippen LogP contribution in [-0.4, -0.2) is 11.1 Å². The smallest absolute Gasteiger partial charge is 0.331 e. The number of hydrogen-bond donors (Lipinski definition) is 1. The molecule has 0 fully saturated rings. The Morgan fingerprint density at radius 1 is 0.833 bits per heavy atom. The largest absolute Gasteiger partial charge is 0.478 e. The summed E-state index contributed by atoms with van der Waals surface area (Å²) in [5, 5.41) is 9.31. The second kappa shape index (κ2) is 8.11. The van der Waals surface area contributed by atoms with Crippen molar-refractivity contribution in [1.82, 2.24) is 0 Å². The third-order valence-corrected chi connectivity index (χ3v) is 4.04. The van der Waals surface area contributed by atoms with Crippen molar-refractivity contribution in [3.05, 3.63) is 94.6 Å². The monoisotopic (exact) mass is 318 g/mol. The fraction of sp³-hybridized carbons (Fsp3) is 0.136. The van der Waals surface area contributed by atoms with Gasteiger partial charge in [-0.05, 0) is 54.7 Å². The number of carboxylic acids is 1. The zero-order chi connectivity index (χ0) is 17.5. The quantitative estimate of drug-likeness (QED) is 0.576. The summed E-state index contributed by atoms with van der Waals surface area (Å²) in [4.78, 5) is 11.3. The maximum Gasteiger partial charge on any atom is 0.331 e. The Balaban J connectivity index is 2.54. The molecule has 0 aliphatic rings. The fourth-order valence-electron chi connectivity index (χ4n) is 2.38. The minimum atomic E-state index is -0.891. The van der Waals surface area contributed by atoms with Gasteiger partial charge in [-0.25, -0.2) is 4.79 Å². The van der Waals surface area contributed by atoms with E-state index < -0.39 is 5.97 Å². The molecular weight excluding hydrogens is 296 g/mol. The number of hydrogen-bond acceptors (Lipinski definition) is 1. The minimum absolute atomic E-state index is 0.356. The standard InChI is InChI=1S/C22H22O2/c1-16(20-12-8-5-9-13-20)14-21(17(2)18(3)22(23)24)15-19-10-6-4-7-11-19/h4-15H,1-3H3,(H,23,24). The van der Waals surface area contributed by atoms with Gasteiger partial charge in [0, 0.05) is 5.57 Å². The van der Waals surface area contributed by atoms with Crippen molar-refractivity contribution in [1.29, 1.82) is 0 Å². The second-order valence-electron chi connectivity index (χ2n) is 5.76. The molecule has 0 saturated carbocycles. The number of allylic oxidation sites excluding steroid dienone is 4. The van der Waals surface area contributed by atoms with E-state index in [1.807, 2.05) is 74.5 Å². The number of aliphatic carboxylic acids is 1. The summed E-state index contributed by atoms with van der Waals surface area (Å²) >= 11 is 0. The van der Waals surface area contributed by atoms with Gasteiger partial charge >= 0.3 is 5.97 Å². The molecule has 0 aliphatic carbocycles. The molecule has 0 aromatic heterocycles. The van der Waals surface area contributed by atoms with E-state index in [0.717, 1.165) is 27.8 Å². The third kappa shape index (κ3) is 4.56. The lowest BCUT2D eigenvalue weighted by Crippen LogP contribution is -2.01. The Labute approximate surface area is 143 Å². The van der Waals surface area contributed by atoms with Crippen LogP contribution in [0.4, 0.5) is 0 Å². The predicted molar refractivity (Wildman–Crippen MR) is 101 cm³/mol. The zero-order valence-electron chi connectivity index (χ0n) is 14.3. The first kappa shape index (κ1) is 17.5. The van der Waals surface area contributed by atoms with Gasteiger partial charge in [0.15, 0.2) is 0 Å². The molecule has 2 nitrogen and oxygen atoms in total. The molecule has 24 heavy (non-hydrogen) atoms. The normalized spacial score (nSPS) is 13.5. The fourth-order valence-corrected chi connectivity index (χ4v) is 2.38. The van der Waals surface area contributed by atoms with Gasteiger partial charge in [0.2, 0.25) is 0 Å². The summed E-state index contributed by atoms with van der Waals surface area (Å²) in [6, 6.07) is 20.0. The lowest BCUT2D eigenvalue weighted by atomic mass is 9.96. The molecule has 2 rings (SSSR count). The van der Waals surface area contributed by atoms with Crippen LogP contribution in [0.5, 0.6) is 0 Å². The van der Waals surface area contributed by atoms with Gasteiger partial charge in [0.1, 0.15) is 0 Å². The van der Waals surface area contributed by atoms with E-state index in [1.165, 1.54) is 0 Å². The lowest BCUT2D eigenvalue weighted by molar-refractivity contribution is -0.132. The van der Waals surface area contributed by atoms with Gasteiger partial charge in [0.25, 0.3) is 0 Å². The van der Waals surface area contributed by atoms with Crippen molar-refractivity contribution < 1.29 is 9.90 Å². The van der Waals surface area contributed by atoms with Gasteiger partial charge in [-0.2, -0.15) is 0 Å². The highest BCUT2D eigenvalue weighted by Gasteiger charge is 2.09. The van der Waals surface area contributed by atoms with Crippen LogP contribution >= 0.6 is 0 Å². The van der Waals surface area contributed by atoms with E-state index in [9.17, 15) is 9.90 Å². The summed E-state index contributed by atoms with van der Waals surface area (Å²) < 4.78 is 0. The lowest BCUT2D eigenvalue weighted by Gasteiger charge is -2.09. The Morgan fingerprint density at radius 3 is 1.92 bits per heavy atom. The highest BCUT2D eigenvalue weighted by atomic mass is 16.4. The van der Waals surface area contributed by atoms with Crippen LogP contribution in [0.2, 0.25) is 0 Å². The summed E-state index contributed by atoms with van der Waals surface area (Å²) in [6.45, 7) is 5.53. The van der Waals surface area contributed by atoms with Crippen molar-refractivity contribution in [2.24, 2.45) is 0 Å². The summed E-state index contributed by atoms with van der Waals surface area (Å²) in [5.74, 6) is -0.891. The van der Waals surface area contributed by atoms with Gasteiger partial charge in [-0.1, -0.05) is 66.7 Å². The van der Waals surface area contributed by atoms with Crippen LogP contribution in [-0.2, 0) is 4.79 Å². The van der Waals surface area contributed by atoms with Crippen LogP contribution < -0.4 is 0 Å². The second-order valence-corrected chi connectivity index (χ2v) is 5.76. The molecule has 122 valence electrons. The van der Waals surface area contributed by atoms with E-state index in [1.54, 1.807) is 6.92 Å². The number of rotatable bonds is 5. The Bertz CT molecular complexity index is 794. The van der Waals surface area contributed by atoms with E-state index in [-0.39, 0.29) is 0 Å². The minimum Gasteiger partial charge on any atom is -0.478 e. The maximum absolute atomic E-state index is 11.3. The first-order valence-corrected chi connectivity index (χ1v) is 7.90. The van der Waals surface area contributed by atoms with Crippen LogP contribution in [0.1, 0.15) is 31.9 Å². The molecule has 2 heteroatoms. The summed E-state index contributed by atoms with van der Waals surface area (Å²) in [7, 11) is 0. The molecule has 0 atom stereocenters. The third-order valence-electron chi connectivity index (χ3n) is 4.04. The van der Waals surface area contributed by atoms with Crippen LogP contribution in [0.3, 0.4) is 0 Å². The highest BCUT2D eigenvalue weighted by Crippen LogP contribution is 2.24. The molecule has 1 N–H and O–H groups in total. The van der Waals surface area contributed by atoms with Gasteiger partial charge in [-0.15, -0.1) is 0 Å². The average molecular weight is 318 g/mol. The van der Waals surface area contributed by atoms with Crippen LogP contribution in [0.15, 0.2) is 83.5 Å². The van der Waals surface area contributed by atoms with Gasteiger partial charge < -0.3 is 5.11 Å². The van der Waals surface area contributed by atoms with Gasteiger partial charge in [0.05, 0.1) is 0 Å². The van der Waals surface area contributed by atoms with Crippen LogP contribution in [0.25, 0.3) is 11.6 Å². The van der Waals surface area contributed by atoms with Gasteiger partial charge in [-0.3, -0.25) is 0 Å². The number of carboxylic acid groups (broad SMARTS) is 1. The van der Waals surface area contributed by atoms with Crippen molar-refractivity contribution in [3.63, 3.8) is 0 Å². The molecule has 0 unspecified atom stereocenters. The number of benzene rings is 2. The van der Waals surface area contributed by atoms with Crippen molar-refractivity contribution in [3.8, 4) is 0 Å². The zero-order valence-corrected chi connectivity index (χ0v) is 14.3. The molecule has 0 bridgehead atoms. The molecule has 2 aromatic carbocycles. The molecule has 0 amide bonds. The Hall–Kier alpha value is -2.87. The maximum atomic E-state index is 11.3. The van der Waals surface area contributed by atoms with Crippen molar-refractivity contribution >= 4 is 17.6 Å². The highest BCUT2D eigenvalue weighted by molar-refractivity contribution is 5.89.